The maximum Gasteiger partial charge on any atom is 0.416 e. The van der Waals surface area contributed by atoms with E-state index in [2.05, 4.69) is 10.3 Å². The third-order valence-corrected chi connectivity index (χ3v) is 5.78. The van der Waals surface area contributed by atoms with Crippen molar-refractivity contribution >= 4 is 23.3 Å². The third-order valence-electron chi connectivity index (χ3n) is 5.78. The number of halogens is 3. The maximum atomic E-state index is 13.2. The van der Waals surface area contributed by atoms with Gasteiger partial charge < -0.3 is 19.9 Å². The highest BCUT2D eigenvalue weighted by Gasteiger charge is 2.31. The van der Waals surface area contributed by atoms with Gasteiger partial charge in [0.25, 0.3) is 11.8 Å². The molecule has 0 unspecified atom stereocenters. The summed E-state index contributed by atoms with van der Waals surface area (Å²) in [5.74, 6) is 0.562. The standard InChI is InChI=1S/C26H25F3N4O3/c1-2-36-21-11-9-20(10-12-21)31-23-22(4-3-13-30-23)25(35)33-16-14-32(15-17-33)24(34)18-5-7-19(8-6-18)26(27,28)29/h3-13H,2,14-17H2,1H3,(H,30,31). The number of nitrogens with zero attached hydrogens (tertiary/aromatic N) is 3. The molecule has 1 N–H and O–H groups in total. The molecule has 188 valence electrons. The van der Waals surface area contributed by atoms with Gasteiger partial charge in [0.05, 0.1) is 17.7 Å². The lowest BCUT2D eigenvalue weighted by atomic mass is 10.1. The van der Waals surface area contributed by atoms with Gasteiger partial charge in [0, 0.05) is 43.6 Å². The van der Waals surface area contributed by atoms with Crippen molar-refractivity contribution < 1.29 is 27.5 Å². The molecule has 1 fully saturated rings. The van der Waals surface area contributed by atoms with E-state index in [0.717, 1.165) is 23.6 Å². The molecule has 0 spiro atoms. The molecule has 7 nitrogen and oxygen atoms in total. The van der Waals surface area contributed by atoms with Gasteiger partial charge in [0.2, 0.25) is 0 Å². The van der Waals surface area contributed by atoms with Crippen molar-refractivity contribution in [3.8, 4) is 5.75 Å². The van der Waals surface area contributed by atoms with Crippen LogP contribution in [0, 0.1) is 0 Å². The zero-order chi connectivity index (χ0) is 25.7. The first kappa shape index (κ1) is 25.0. The topological polar surface area (TPSA) is 74.8 Å². The maximum absolute atomic E-state index is 13.2. The van der Waals surface area contributed by atoms with Crippen molar-refractivity contribution in [2.24, 2.45) is 0 Å². The van der Waals surface area contributed by atoms with Crippen LogP contribution in [0.1, 0.15) is 33.2 Å². The van der Waals surface area contributed by atoms with E-state index in [4.69, 9.17) is 4.74 Å². The first-order chi connectivity index (χ1) is 17.3. The minimum absolute atomic E-state index is 0.178. The van der Waals surface area contributed by atoms with E-state index in [9.17, 15) is 22.8 Å². The van der Waals surface area contributed by atoms with Gasteiger partial charge in [0.15, 0.2) is 0 Å². The Morgan fingerprint density at radius 2 is 1.53 bits per heavy atom. The molecular formula is C26H25F3N4O3. The predicted molar refractivity (Wildman–Crippen MR) is 128 cm³/mol. The molecule has 1 aliphatic heterocycles. The monoisotopic (exact) mass is 498 g/mol. The van der Waals surface area contributed by atoms with Crippen LogP contribution < -0.4 is 10.1 Å². The summed E-state index contributed by atoms with van der Waals surface area (Å²) >= 11 is 0. The number of hydrogen-bond acceptors (Lipinski definition) is 5. The number of rotatable bonds is 6. The smallest absolute Gasteiger partial charge is 0.416 e. The average Bonchev–Trinajstić information content (AvgIpc) is 2.89. The molecule has 0 aliphatic carbocycles. The van der Waals surface area contributed by atoms with Crippen molar-refractivity contribution in [1.82, 2.24) is 14.8 Å². The van der Waals surface area contributed by atoms with E-state index in [-0.39, 0.29) is 30.5 Å². The lowest BCUT2D eigenvalue weighted by Crippen LogP contribution is -2.50. The lowest BCUT2D eigenvalue weighted by Gasteiger charge is -2.35. The molecule has 0 radical (unpaired) electrons. The van der Waals surface area contributed by atoms with E-state index < -0.39 is 11.7 Å². The van der Waals surface area contributed by atoms with Crippen LogP contribution in [0.4, 0.5) is 24.7 Å². The first-order valence-corrected chi connectivity index (χ1v) is 11.5. The van der Waals surface area contributed by atoms with E-state index >= 15 is 0 Å². The fourth-order valence-electron chi connectivity index (χ4n) is 3.88. The number of alkyl halides is 3. The van der Waals surface area contributed by atoms with E-state index in [1.54, 1.807) is 23.2 Å². The number of amides is 2. The molecule has 3 aromatic rings. The molecule has 0 bridgehead atoms. The quantitative estimate of drug-likeness (QED) is 0.527. The molecule has 10 heteroatoms. The molecule has 2 heterocycles. The third kappa shape index (κ3) is 5.76. The number of hydrogen-bond donors (Lipinski definition) is 1. The highest BCUT2D eigenvalue weighted by atomic mass is 19.4. The van der Waals surface area contributed by atoms with Crippen LogP contribution in [0.2, 0.25) is 0 Å². The van der Waals surface area contributed by atoms with Gasteiger partial charge >= 0.3 is 6.18 Å². The van der Waals surface area contributed by atoms with Crippen molar-refractivity contribution in [3.05, 3.63) is 83.6 Å². The van der Waals surface area contributed by atoms with E-state index in [1.165, 1.54) is 17.0 Å². The number of carbonyl (C=O) groups excluding carboxylic acids is 2. The normalized spacial score (nSPS) is 13.9. The number of nitrogens with one attached hydrogen (secondary N) is 1. The van der Waals surface area contributed by atoms with Crippen molar-refractivity contribution in [3.63, 3.8) is 0 Å². The summed E-state index contributed by atoms with van der Waals surface area (Å²) in [7, 11) is 0. The fourth-order valence-corrected chi connectivity index (χ4v) is 3.88. The van der Waals surface area contributed by atoms with Crippen LogP contribution in [0.3, 0.4) is 0 Å². The molecule has 1 aliphatic rings. The van der Waals surface area contributed by atoms with Gasteiger partial charge in [-0.2, -0.15) is 13.2 Å². The van der Waals surface area contributed by atoms with Gasteiger partial charge in [-0.05, 0) is 67.6 Å². The molecule has 4 rings (SSSR count). The number of piperazine rings is 1. The molecule has 2 aromatic carbocycles. The van der Waals surface area contributed by atoms with Crippen LogP contribution in [-0.4, -0.2) is 59.4 Å². The Balaban J connectivity index is 1.39. The number of pyridine rings is 1. The van der Waals surface area contributed by atoms with Crippen LogP contribution in [0.5, 0.6) is 5.75 Å². The minimum Gasteiger partial charge on any atom is -0.494 e. The van der Waals surface area contributed by atoms with Crippen LogP contribution in [0.15, 0.2) is 66.9 Å². The Bertz CT molecular complexity index is 1210. The van der Waals surface area contributed by atoms with Gasteiger partial charge in [-0.25, -0.2) is 4.98 Å². The largest absolute Gasteiger partial charge is 0.494 e. The fraction of sp³-hybridized carbons (Fsp3) is 0.269. The average molecular weight is 499 g/mol. The Labute approximate surface area is 206 Å². The number of benzene rings is 2. The van der Waals surface area contributed by atoms with Gasteiger partial charge in [-0.15, -0.1) is 0 Å². The molecule has 1 aromatic heterocycles. The molecule has 36 heavy (non-hydrogen) atoms. The van der Waals surface area contributed by atoms with Crippen LogP contribution in [-0.2, 0) is 6.18 Å². The van der Waals surface area contributed by atoms with Crippen molar-refractivity contribution in [2.45, 2.75) is 13.1 Å². The van der Waals surface area contributed by atoms with Gasteiger partial charge in [0.1, 0.15) is 11.6 Å². The Morgan fingerprint density at radius 1 is 0.917 bits per heavy atom. The van der Waals surface area contributed by atoms with Crippen LogP contribution in [0.25, 0.3) is 0 Å². The molecule has 2 amide bonds. The Kier molecular flexibility index (Phi) is 7.42. The zero-order valence-electron chi connectivity index (χ0n) is 19.6. The molecule has 0 atom stereocenters. The summed E-state index contributed by atoms with van der Waals surface area (Å²) in [6.07, 6.45) is -2.87. The van der Waals surface area contributed by atoms with Gasteiger partial charge in [-0.3, -0.25) is 9.59 Å². The minimum atomic E-state index is -4.46. The lowest BCUT2D eigenvalue weighted by molar-refractivity contribution is -0.137. The SMILES string of the molecule is CCOc1ccc(Nc2ncccc2C(=O)N2CCN(C(=O)c3ccc(C(F)(F)F)cc3)CC2)cc1. The predicted octanol–water partition coefficient (Wildman–Crippen LogP) is 4.84. The summed E-state index contributed by atoms with van der Waals surface area (Å²) in [6, 6.07) is 14.8. The molecule has 1 saturated heterocycles. The zero-order valence-corrected chi connectivity index (χ0v) is 19.6. The molecular weight excluding hydrogens is 473 g/mol. The number of anilines is 2. The molecule has 0 saturated carbocycles. The second kappa shape index (κ2) is 10.7. The highest BCUT2D eigenvalue weighted by molar-refractivity contribution is 5.99. The first-order valence-electron chi connectivity index (χ1n) is 11.5. The van der Waals surface area contributed by atoms with Crippen LogP contribution >= 0.6 is 0 Å². The van der Waals surface area contributed by atoms with Crippen molar-refractivity contribution in [2.75, 3.05) is 38.1 Å². The Hall–Kier alpha value is -4.08. The Morgan fingerprint density at radius 3 is 2.11 bits per heavy atom. The number of aromatic nitrogens is 1. The second-order valence-electron chi connectivity index (χ2n) is 8.14. The highest BCUT2D eigenvalue weighted by Crippen LogP contribution is 2.29. The number of carbonyl (C=O) groups is 2. The number of ether oxygens (including phenoxy) is 1. The summed E-state index contributed by atoms with van der Waals surface area (Å²) in [4.78, 5) is 33.5. The van der Waals surface area contributed by atoms with E-state index in [0.29, 0.717) is 31.1 Å². The van der Waals surface area contributed by atoms with Crippen molar-refractivity contribution in [1.29, 1.82) is 0 Å². The summed E-state index contributed by atoms with van der Waals surface area (Å²) < 4.78 is 43.8. The van der Waals surface area contributed by atoms with Gasteiger partial charge in [-0.1, -0.05) is 0 Å². The summed E-state index contributed by atoms with van der Waals surface area (Å²) in [5.41, 5.74) is 0.518. The second-order valence-corrected chi connectivity index (χ2v) is 8.14. The summed E-state index contributed by atoms with van der Waals surface area (Å²) in [5, 5.41) is 3.17. The van der Waals surface area contributed by atoms with E-state index in [1.807, 2.05) is 31.2 Å². The summed E-state index contributed by atoms with van der Waals surface area (Å²) in [6.45, 7) is 3.60.